The van der Waals surface area contributed by atoms with Crippen LogP contribution < -0.4 is 9.64 Å². The third kappa shape index (κ3) is 4.55. The van der Waals surface area contributed by atoms with Gasteiger partial charge in [-0.2, -0.15) is 0 Å². The lowest BCUT2D eigenvalue weighted by molar-refractivity contribution is 0.396. The van der Waals surface area contributed by atoms with Crippen LogP contribution in [0.5, 0.6) is 5.88 Å². The zero-order chi connectivity index (χ0) is 23.5. The van der Waals surface area contributed by atoms with E-state index in [0.717, 1.165) is 40.4 Å². The maximum atomic E-state index is 13.3. The maximum Gasteiger partial charge on any atom is 0.238 e. The molecule has 8 heteroatoms. The highest BCUT2D eigenvalue weighted by atomic mass is 19.1. The van der Waals surface area contributed by atoms with Gasteiger partial charge < -0.3 is 14.2 Å². The summed E-state index contributed by atoms with van der Waals surface area (Å²) in [5.74, 6) is 0.980. The van der Waals surface area contributed by atoms with Gasteiger partial charge in [-0.25, -0.2) is 14.4 Å². The Labute approximate surface area is 192 Å². The van der Waals surface area contributed by atoms with E-state index in [1.165, 1.54) is 12.1 Å². The fraction of sp³-hybridized carbons (Fsp3) is 0.280. The number of aryl methyl sites for hydroxylation is 2. The van der Waals surface area contributed by atoms with Gasteiger partial charge >= 0.3 is 0 Å². The molecule has 0 spiro atoms. The van der Waals surface area contributed by atoms with Gasteiger partial charge in [0.2, 0.25) is 5.88 Å². The van der Waals surface area contributed by atoms with Gasteiger partial charge in [-0.3, -0.25) is 0 Å². The fourth-order valence-corrected chi connectivity index (χ4v) is 3.70. The number of halogens is 1. The van der Waals surface area contributed by atoms with Crippen molar-refractivity contribution in [2.24, 2.45) is 0 Å². The molecule has 3 heterocycles. The van der Waals surface area contributed by atoms with Crippen LogP contribution in [-0.2, 0) is 6.42 Å². The van der Waals surface area contributed by atoms with Crippen LogP contribution in [0.15, 0.2) is 55.0 Å². The molecule has 0 radical (unpaired) electrons. The molecular formula is C25H27FN6O. The van der Waals surface area contributed by atoms with Gasteiger partial charge in [0.15, 0.2) is 5.82 Å². The number of pyridine rings is 1. The molecule has 0 aliphatic rings. The van der Waals surface area contributed by atoms with Crippen LogP contribution in [0.1, 0.15) is 36.7 Å². The third-order valence-corrected chi connectivity index (χ3v) is 5.80. The van der Waals surface area contributed by atoms with Gasteiger partial charge in [0.05, 0.1) is 30.9 Å². The highest BCUT2D eigenvalue weighted by molar-refractivity contribution is 5.63. The average Bonchev–Trinajstić information content (AvgIpc) is 3.28. The topological polar surface area (TPSA) is 69.0 Å². The molecule has 1 aromatic carbocycles. The van der Waals surface area contributed by atoms with Crippen molar-refractivity contribution in [2.45, 2.75) is 33.2 Å². The summed E-state index contributed by atoms with van der Waals surface area (Å²) >= 11 is 0. The number of anilines is 1. The van der Waals surface area contributed by atoms with Crippen molar-refractivity contribution >= 4 is 5.82 Å². The molecule has 0 bridgehead atoms. The van der Waals surface area contributed by atoms with Crippen molar-refractivity contribution in [3.05, 3.63) is 77.6 Å². The van der Waals surface area contributed by atoms with Crippen molar-refractivity contribution in [1.29, 1.82) is 0 Å². The minimum absolute atomic E-state index is 0.00611. The molecular weight excluding hydrogens is 419 g/mol. The van der Waals surface area contributed by atoms with E-state index in [1.54, 1.807) is 25.6 Å². The maximum absolute atomic E-state index is 13.3. The lowest BCUT2D eigenvalue weighted by atomic mass is 10.1. The van der Waals surface area contributed by atoms with Gasteiger partial charge in [0.1, 0.15) is 17.2 Å². The predicted octanol–water partition coefficient (Wildman–Crippen LogP) is 4.94. The SMILES string of the molecule is CCc1cc(N(C)[C@@H](C)c2ccc(F)cc2)nnc1-c1ccc(-n2cnc(C)c2)c(OC)n1. The lowest BCUT2D eigenvalue weighted by Crippen LogP contribution is -2.23. The molecule has 0 unspecified atom stereocenters. The van der Waals surface area contributed by atoms with Crippen LogP contribution in [0.2, 0.25) is 0 Å². The summed E-state index contributed by atoms with van der Waals surface area (Å²) in [7, 11) is 3.56. The first-order valence-electron chi connectivity index (χ1n) is 10.8. The molecule has 0 aliphatic carbocycles. The second-order valence-corrected chi connectivity index (χ2v) is 7.92. The summed E-state index contributed by atoms with van der Waals surface area (Å²) in [6, 6.07) is 12.4. The smallest absolute Gasteiger partial charge is 0.238 e. The first kappa shape index (κ1) is 22.4. The van der Waals surface area contributed by atoms with E-state index in [0.29, 0.717) is 11.6 Å². The zero-order valence-electron chi connectivity index (χ0n) is 19.5. The van der Waals surface area contributed by atoms with Gasteiger partial charge in [-0.1, -0.05) is 19.1 Å². The normalized spacial score (nSPS) is 11.9. The zero-order valence-corrected chi connectivity index (χ0v) is 19.5. The second kappa shape index (κ2) is 9.36. The second-order valence-electron chi connectivity index (χ2n) is 7.92. The number of hydrogen-bond donors (Lipinski definition) is 0. The number of benzene rings is 1. The van der Waals surface area contributed by atoms with Crippen molar-refractivity contribution in [3.8, 4) is 23.0 Å². The fourth-order valence-electron chi connectivity index (χ4n) is 3.70. The lowest BCUT2D eigenvalue weighted by Gasteiger charge is -2.26. The molecule has 4 rings (SSSR count). The van der Waals surface area contributed by atoms with E-state index in [9.17, 15) is 4.39 Å². The number of imidazole rings is 1. The summed E-state index contributed by atoms with van der Waals surface area (Å²) in [4.78, 5) is 11.0. The van der Waals surface area contributed by atoms with E-state index in [2.05, 4.69) is 29.0 Å². The molecule has 170 valence electrons. The predicted molar refractivity (Wildman–Crippen MR) is 126 cm³/mol. The summed E-state index contributed by atoms with van der Waals surface area (Å²) in [5.41, 5.74) is 5.15. The van der Waals surface area contributed by atoms with Gasteiger partial charge in [-0.15, -0.1) is 10.2 Å². The Bertz CT molecular complexity index is 1250. The van der Waals surface area contributed by atoms with Crippen molar-refractivity contribution in [3.63, 3.8) is 0 Å². The summed E-state index contributed by atoms with van der Waals surface area (Å²) in [6.45, 7) is 6.06. The average molecular weight is 447 g/mol. The van der Waals surface area contributed by atoms with Crippen molar-refractivity contribution < 1.29 is 9.13 Å². The number of ether oxygens (including phenoxy) is 1. The Morgan fingerprint density at radius 3 is 2.52 bits per heavy atom. The Morgan fingerprint density at radius 2 is 1.88 bits per heavy atom. The van der Waals surface area contributed by atoms with Crippen LogP contribution in [0.4, 0.5) is 10.2 Å². The van der Waals surface area contributed by atoms with E-state index in [1.807, 2.05) is 47.8 Å². The van der Waals surface area contributed by atoms with Crippen LogP contribution in [-0.4, -0.2) is 38.9 Å². The van der Waals surface area contributed by atoms with Gasteiger partial charge in [0, 0.05) is 13.2 Å². The summed E-state index contributed by atoms with van der Waals surface area (Å²) in [5, 5.41) is 9.00. The largest absolute Gasteiger partial charge is 0.479 e. The number of methoxy groups -OCH3 is 1. The van der Waals surface area contributed by atoms with Crippen molar-refractivity contribution in [1.82, 2.24) is 24.7 Å². The Balaban J connectivity index is 1.66. The molecule has 0 saturated carbocycles. The minimum atomic E-state index is -0.247. The Morgan fingerprint density at radius 1 is 1.12 bits per heavy atom. The first-order valence-corrected chi connectivity index (χ1v) is 10.8. The standard InChI is InChI=1S/C25H27FN6O/c1-6-18-13-23(31(4)17(3)19-7-9-20(26)10-8-19)29-30-24(18)21-11-12-22(25(28-21)33-5)32-14-16(2)27-15-32/h7-15,17H,6H2,1-5H3/t17-/m0/s1. The van der Waals surface area contributed by atoms with Crippen LogP contribution in [0, 0.1) is 12.7 Å². The van der Waals surface area contributed by atoms with Crippen molar-refractivity contribution in [2.75, 3.05) is 19.1 Å². The van der Waals surface area contributed by atoms with E-state index in [-0.39, 0.29) is 11.9 Å². The number of aromatic nitrogens is 5. The molecule has 0 aliphatic heterocycles. The van der Waals surface area contributed by atoms with E-state index >= 15 is 0 Å². The quantitative estimate of drug-likeness (QED) is 0.401. The molecule has 4 aromatic rings. The molecule has 0 amide bonds. The van der Waals surface area contributed by atoms with E-state index < -0.39 is 0 Å². The molecule has 0 N–H and O–H groups in total. The van der Waals surface area contributed by atoms with Crippen LogP contribution in [0.3, 0.4) is 0 Å². The van der Waals surface area contributed by atoms with Crippen LogP contribution >= 0.6 is 0 Å². The first-order chi connectivity index (χ1) is 15.9. The molecule has 7 nitrogen and oxygen atoms in total. The minimum Gasteiger partial charge on any atom is -0.479 e. The molecule has 0 saturated heterocycles. The summed E-state index contributed by atoms with van der Waals surface area (Å²) < 4.78 is 20.7. The number of nitrogens with zero attached hydrogens (tertiary/aromatic N) is 6. The summed E-state index contributed by atoms with van der Waals surface area (Å²) in [6.07, 6.45) is 4.42. The third-order valence-electron chi connectivity index (χ3n) is 5.80. The molecule has 0 fully saturated rings. The van der Waals surface area contributed by atoms with Gasteiger partial charge in [-0.05, 0) is 61.7 Å². The van der Waals surface area contributed by atoms with E-state index in [4.69, 9.17) is 9.72 Å². The van der Waals surface area contributed by atoms with Crippen LogP contribution in [0.25, 0.3) is 17.1 Å². The molecule has 33 heavy (non-hydrogen) atoms. The highest BCUT2D eigenvalue weighted by Crippen LogP contribution is 2.30. The number of rotatable bonds is 7. The highest BCUT2D eigenvalue weighted by Gasteiger charge is 2.18. The number of hydrogen-bond acceptors (Lipinski definition) is 6. The molecule has 1 atom stereocenters. The Kier molecular flexibility index (Phi) is 6.35. The van der Waals surface area contributed by atoms with Gasteiger partial charge in [0.25, 0.3) is 0 Å². The monoisotopic (exact) mass is 446 g/mol. The molecule has 3 aromatic heterocycles. The Hall–Kier alpha value is -3.81.